The first-order valence-corrected chi connectivity index (χ1v) is 6.15. The van der Waals surface area contributed by atoms with Gasteiger partial charge >= 0.3 is 5.97 Å². The van der Waals surface area contributed by atoms with Crippen molar-refractivity contribution in [2.24, 2.45) is 0 Å². The van der Waals surface area contributed by atoms with Crippen LogP contribution in [0.1, 0.15) is 15.2 Å². The van der Waals surface area contributed by atoms with Gasteiger partial charge in [0.1, 0.15) is 18.1 Å². The molecule has 0 amide bonds. The Morgan fingerprint density at radius 1 is 1.28 bits per heavy atom. The third-order valence-corrected chi connectivity index (χ3v) is 3.26. The van der Waals surface area contributed by atoms with Gasteiger partial charge in [0.05, 0.1) is 7.11 Å². The summed E-state index contributed by atoms with van der Waals surface area (Å²) < 4.78 is 10.5. The van der Waals surface area contributed by atoms with Crippen LogP contribution in [0.3, 0.4) is 0 Å². The topological polar surface area (TPSA) is 55.8 Å². The highest BCUT2D eigenvalue weighted by atomic mass is 32.1. The van der Waals surface area contributed by atoms with E-state index in [2.05, 4.69) is 0 Å². The Kier molecular flexibility index (Phi) is 3.84. The smallest absolute Gasteiger partial charge is 0.349 e. The molecule has 0 saturated carbocycles. The van der Waals surface area contributed by atoms with Gasteiger partial charge in [-0.25, -0.2) is 4.79 Å². The summed E-state index contributed by atoms with van der Waals surface area (Å²) in [5.74, 6) is 0.221. The van der Waals surface area contributed by atoms with Gasteiger partial charge in [0, 0.05) is 0 Å². The highest BCUT2D eigenvalue weighted by Gasteiger charge is 2.12. The molecule has 0 radical (unpaired) electrons. The van der Waals surface area contributed by atoms with Gasteiger partial charge in [-0.15, -0.1) is 11.3 Å². The van der Waals surface area contributed by atoms with Gasteiger partial charge in [-0.2, -0.15) is 0 Å². The van der Waals surface area contributed by atoms with Gasteiger partial charge < -0.3 is 14.6 Å². The average molecular weight is 264 g/mol. The zero-order valence-electron chi connectivity index (χ0n) is 9.75. The van der Waals surface area contributed by atoms with E-state index in [1.807, 2.05) is 24.3 Å². The van der Waals surface area contributed by atoms with Crippen LogP contribution in [0, 0.1) is 0 Å². The number of carboxylic acids is 1. The Balaban J connectivity index is 2.02. The number of ether oxygens (including phenoxy) is 2. The summed E-state index contributed by atoms with van der Waals surface area (Å²) in [5.41, 5.74) is 0.957. The van der Waals surface area contributed by atoms with E-state index in [0.29, 0.717) is 12.4 Å². The lowest BCUT2D eigenvalue weighted by Crippen LogP contribution is -2.00. The number of carboxylic acid groups (broad SMARTS) is 1. The Morgan fingerprint density at radius 3 is 2.61 bits per heavy atom. The first-order chi connectivity index (χ1) is 8.70. The minimum absolute atomic E-state index is 0.225. The highest BCUT2D eigenvalue weighted by molar-refractivity contribution is 7.12. The predicted octanol–water partition coefficient (Wildman–Crippen LogP) is 3.03. The molecule has 1 aromatic heterocycles. The first-order valence-electron chi connectivity index (χ1n) is 5.27. The van der Waals surface area contributed by atoms with E-state index < -0.39 is 5.97 Å². The zero-order valence-corrected chi connectivity index (χ0v) is 10.6. The van der Waals surface area contributed by atoms with Gasteiger partial charge in [0.2, 0.25) is 0 Å². The number of benzene rings is 1. The van der Waals surface area contributed by atoms with Crippen molar-refractivity contribution in [3.63, 3.8) is 0 Å². The second kappa shape index (κ2) is 5.55. The van der Waals surface area contributed by atoms with Crippen LogP contribution in [0.25, 0.3) is 0 Å². The Bertz CT molecular complexity index is 530. The van der Waals surface area contributed by atoms with Crippen molar-refractivity contribution in [2.75, 3.05) is 7.11 Å². The van der Waals surface area contributed by atoms with E-state index in [1.54, 1.807) is 18.6 Å². The summed E-state index contributed by atoms with van der Waals surface area (Å²) in [6.07, 6.45) is 0. The molecule has 0 fully saturated rings. The molecule has 2 rings (SSSR count). The molecule has 0 aliphatic rings. The van der Waals surface area contributed by atoms with Crippen LogP contribution in [0.2, 0.25) is 0 Å². The van der Waals surface area contributed by atoms with Crippen molar-refractivity contribution in [1.29, 1.82) is 0 Å². The number of methoxy groups -OCH3 is 1. The quantitative estimate of drug-likeness (QED) is 0.901. The zero-order chi connectivity index (χ0) is 13.0. The standard InChI is InChI=1S/C13H12O4S/c1-16-10-4-2-9(3-5-10)8-17-11-6-7-18-12(11)13(14)15/h2-7H,8H2,1H3,(H,14,15). The molecule has 2 aromatic rings. The molecule has 0 unspecified atom stereocenters. The SMILES string of the molecule is COc1ccc(COc2ccsc2C(=O)O)cc1. The maximum absolute atomic E-state index is 10.9. The van der Waals surface area contributed by atoms with E-state index in [0.717, 1.165) is 22.6 Å². The van der Waals surface area contributed by atoms with Crippen LogP contribution in [-0.2, 0) is 6.61 Å². The van der Waals surface area contributed by atoms with E-state index >= 15 is 0 Å². The van der Waals surface area contributed by atoms with Gasteiger partial charge in [-0.3, -0.25) is 0 Å². The molecule has 1 N–H and O–H groups in total. The minimum Gasteiger partial charge on any atom is -0.497 e. The lowest BCUT2D eigenvalue weighted by atomic mass is 10.2. The largest absolute Gasteiger partial charge is 0.497 e. The molecule has 0 spiro atoms. The predicted molar refractivity (Wildman–Crippen MR) is 68.6 cm³/mol. The van der Waals surface area contributed by atoms with Gasteiger partial charge in [-0.05, 0) is 29.1 Å². The summed E-state index contributed by atoms with van der Waals surface area (Å²) in [7, 11) is 1.61. The van der Waals surface area contributed by atoms with Crippen LogP contribution >= 0.6 is 11.3 Å². The van der Waals surface area contributed by atoms with Crippen LogP contribution < -0.4 is 9.47 Å². The van der Waals surface area contributed by atoms with E-state index in [1.165, 1.54) is 0 Å². The Hall–Kier alpha value is -2.01. The third-order valence-electron chi connectivity index (χ3n) is 2.38. The minimum atomic E-state index is -0.963. The molecular formula is C13H12O4S. The summed E-state index contributed by atoms with van der Waals surface area (Å²) in [5, 5.41) is 10.6. The molecule has 0 atom stereocenters. The van der Waals surface area contributed by atoms with Crippen LogP contribution in [0.15, 0.2) is 35.7 Å². The van der Waals surface area contributed by atoms with Crippen LogP contribution in [0.5, 0.6) is 11.5 Å². The normalized spacial score (nSPS) is 10.1. The number of thiophene rings is 1. The first kappa shape index (κ1) is 12.4. The Labute approximate surface area is 108 Å². The Morgan fingerprint density at radius 2 is 2.00 bits per heavy atom. The third kappa shape index (κ3) is 2.81. The van der Waals surface area contributed by atoms with Gasteiger partial charge in [0.25, 0.3) is 0 Å². The molecule has 94 valence electrons. The molecule has 1 aromatic carbocycles. The average Bonchev–Trinajstić information content (AvgIpc) is 2.85. The van der Waals surface area contributed by atoms with Gasteiger partial charge in [-0.1, -0.05) is 12.1 Å². The van der Waals surface area contributed by atoms with E-state index in [-0.39, 0.29) is 4.88 Å². The maximum Gasteiger partial charge on any atom is 0.349 e. The summed E-state index contributed by atoms with van der Waals surface area (Å²) in [4.78, 5) is 11.1. The summed E-state index contributed by atoms with van der Waals surface area (Å²) in [6.45, 7) is 0.334. The molecule has 1 heterocycles. The number of carbonyl (C=O) groups is 1. The number of aromatic carboxylic acids is 1. The molecular weight excluding hydrogens is 252 g/mol. The molecule has 18 heavy (non-hydrogen) atoms. The second-order valence-corrected chi connectivity index (χ2v) is 4.47. The van der Waals surface area contributed by atoms with Crippen molar-refractivity contribution in [3.8, 4) is 11.5 Å². The van der Waals surface area contributed by atoms with Crippen molar-refractivity contribution in [2.45, 2.75) is 6.61 Å². The van der Waals surface area contributed by atoms with Gasteiger partial charge in [0.15, 0.2) is 4.88 Å². The maximum atomic E-state index is 10.9. The summed E-state index contributed by atoms with van der Waals surface area (Å²) >= 11 is 1.15. The molecule has 0 aliphatic carbocycles. The van der Waals surface area contributed by atoms with Crippen molar-refractivity contribution in [1.82, 2.24) is 0 Å². The number of hydrogen-bond acceptors (Lipinski definition) is 4. The fraction of sp³-hybridized carbons (Fsp3) is 0.154. The molecule has 0 saturated heterocycles. The molecule has 0 bridgehead atoms. The molecule has 4 nitrogen and oxygen atoms in total. The highest BCUT2D eigenvalue weighted by Crippen LogP contribution is 2.25. The lowest BCUT2D eigenvalue weighted by Gasteiger charge is -2.06. The van der Waals surface area contributed by atoms with E-state index in [4.69, 9.17) is 14.6 Å². The second-order valence-electron chi connectivity index (χ2n) is 3.56. The fourth-order valence-corrected chi connectivity index (χ4v) is 2.12. The number of hydrogen-bond donors (Lipinski definition) is 1. The summed E-state index contributed by atoms with van der Waals surface area (Å²) in [6, 6.07) is 9.10. The van der Waals surface area contributed by atoms with Crippen LogP contribution in [0.4, 0.5) is 0 Å². The van der Waals surface area contributed by atoms with E-state index in [9.17, 15) is 4.79 Å². The van der Waals surface area contributed by atoms with Crippen molar-refractivity contribution in [3.05, 3.63) is 46.2 Å². The van der Waals surface area contributed by atoms with Crippen molar-refractivity contribution >= 4 is 17.3 Å². The van der Waals surface area contributed by atoms with Crippen molar-refractivity contribution < 1.29 is 19.4 Å². The number of rotatable bonds is 5. The monoisotopic (exact) mass is 264 g/mol. The lowest BCUT2D eigenvalue weighted by molar-refractivity contribution is 0.0697. The molecule has 5 heteroatoms. The molecule has 0 aliphatic heterocycles. The van der Waals surface area contributed by atoms with Crippen LogP contribution in [-0.4, -0.2) is 18.2 Å². The fourth-order valence-electron chi connectivity index (χ4n) is 1.45.